The summed E-state index contributed by atoms with van der Waals surface area (Å²) < 4.78 is 0. The van der Waals surface area contributed by atoms with Crippen LogP contribution < -0.4 is 21.7 Å². The second-order valence-electron chi connectivity index (χ2n) is 6.34. The van der Waals surface area contributed by atoms with Crippen molar-refractivity contribution >= 4 is 41.4 Å². The molecule has 29 heavy (non-hydrogen) atoms. The molecule has 0 aromatic rings. The number of carbonyl (C=O) groups is 5. The Hall–Kier alpha value is -2.38. The normalized spacial score (nSPS) is 15.9. The molecule has 166 valence electrons. The van der Waals surface area contributed by atoms with E-state index < -0.39 is 66.4 Å². The predicted octanol–water partition coefficient (Wildman–Crippen LogP) is -2.52. The molecular weight excluding hydrogens is 408 g/mol. The Morgan fingerprint density at radius 3 is 2.00 bits per heavy atom. The van der Waals surface area contributed by atoms with Crippen molar-refractivity contribution in [3.8, 4) is 0 Å². The number of rotatable bonds is 13. The van der Waals surface area contributed by atoms with E-state index in [1.165, 1.54) is 25.6 Å². The Labute approximate surface area is 172 Å². The first-order valence-corrected chi connectivity index (χ1v) is 10.1. The van der Waals surface area contributed by atoms with Gasteiger partial charge < -0.3 is 37.0 Å². The Kier molecular flexibility index (Phi) is 11.9. The maximum atomic E-state index is 12.5. The van der Waals surface area contributed by atoms with Gasteiger partial charge >= 0.3 is 11.9 Å². The number of hydrogen-bond acceptors (Lipinski definition) is 8. The molecular formula is C16H28N4O8S. The number of aliphatic carboxylic acids is 2. The van der Waals surface area contributed by atoms with E-state index in [4.69, 9.17) is 15.9 Å². The molecule has 0 saturated heterocycles. The van der Waals surface area contributed by atoms with Crippen molar-refractivity contribution in [1.82, 2.24) is 16.0 Å². The number of carbonyl (C=O) groups excluding carboxylic acids is 3. The monoisotopic (exact) mass is 436 g/mol. The van der Waals surface area contributed by atoms with Gasteiger partial charge in [-0.1, -0.05) is 0 Å². The Balaban J connectivity index is 5.23. The van der Waals surface area contributed by atoms with Gasteiger partial charge in [-0.2, -0.15) is 11.8 Å². The summed E-state index contributed by atoms with van der Waals surface area (Å²) in [6, 6.07) is -5.22. The van der Waals surface area contributed by atoms with Gasteiger partial charge in [0.1, 0.15) is 18.1 Å². The molecule has 0 radical (unpaired) electrons. The van der Waals surface area contributed by atoms with Crippen molar-refractivity contribution < 1.29 is 39.3 Å². The van der Waals surface area contributed by atoms with Crippen LogP contribution in [0.4, 0.5) is 0 Å². The van der Waals surface area contributed by atoms with E-state index in [9.17, 15) is 29.1 Å². The van der Waals surface area contributed by atoms with Crippen LogP contribution in [0.2, 0.25) is 0 Å². The first kappa shape index (κ1) is 26.6. The lowest BCUT2D eigenvalue weighted by Gasteiger charge is -2.26. The predicted molar refractivity (Wildman–Crippen MR) is 104 cm³/mol. The number of nitrogens with two attached hydrogens (primary N) is 1. The first-order chi connectivity index (χ1) is 13.4. The van der Waals surface area contributed by atoms with Crippen molar-refractivity contribution in [2.24, 2.45) is 5.73 Å². The molecule has 0 bridgehead atoms. The number of thioether (sulfide) groups is 1. The van der Waals surface area contributed by atoms with Crippen molar-refractivity contribution in [1.29, 1.82) is 0 Å². The summed E-state index contributed by atoms with van der Waals surface area (Å²) in [4.78, 5) is 58.4. The molecule has 8 N–H and O–H groups in total. The molecule has 12 nitrogen and oxygen atoms in total. The first-order valence-electron chi connectivity index (χ1n) is 8.69. The summed E-state index contributed by atoms with van der Waals surface area (Å²) >= 11 is 1.40. The quantitative estimate of drug-likeness (QED) is 0.161. The maximum Gasteiger partial charge on any atom is 0.325 e. The third-order valence-corrected chi connectivity index (χ3v) is 4.41. The smallest absolute Gasteiger partial charge is 0.325 e. The van der Waals surface area contributed by atoms with Crippen molar-refractivity contribution in [3.05, 3.63) is 0 Å². The fourth-order valence-corrected chi connectivity index (χ4v) is 2.56. The van der Waals surface area contributed by atoms with Gasteiger partial charge in [-0.25, -0.2) is 0 Å². The minimum atomic E-state index is -1.50. The standard InChI is InChI=1S/C16H28N4O8S/c1-7(16(27)28)18-14(25)10(4-5-29-3)19-15(26)12(8(2)21)20-13(24)9(17)6-11(22)23/h7-10,12,21H,4-6,17H2,1-3H3,(H,18,25)(H,19,26)(H,20,24)(H,22,23)(H,27,28). The van der Waals surface area contributed by atoms with Gasteiger partial charge in [0.15, 0.2) is 0 Å². The van der Waals surface area contributed by atoms with E-state index >= 15 is 0 Å². The largest absolute Gasteiger partial charge is 0.481 e. The van der Waals surface area contributed by atoms with E-state index in [0.29, 0.717) is 5.75 Å². The maximum absolute atomic E-state index is 12.5. The van der Waals surface area contributed by atoms with Gasteiger partial charge in [0.2, 0.25) is 17.7 Å². The summed E-state index contributed by atoms with van der Waals surface area (Å²) in [6.07, 6.45) is -0.104. The number of aliphatic hydroxyl groups is 1. The topological polar surface area (TPSA) is 208 Å². The van der Waals surface area contributed by atoms with E-state index in [1.807, 2.05) is 0 Å². The van der Waals surface area contributed by atoms with E-state index in [2.05, 4.69) is 16.0 Å². The summed E-state index contributed by atoms with van der Waals surface area (Å²) in [6.45, 7) is 2.48. The van der Waals surface area contributed by atoms with Crippen LogP contribution in [0.3, 0.4) is 0 Å². The second-order valence-corrected chi connectivity index (χ2v) is 7.33. The molecule has 13 heteroatoms. The lowest BCUT2D eigenvalue weighted by atomic mass is 10.1. The second kappa shape index (κ2) is 13.0. The van der Waals surface area contributed by atoms with Crippen LogP contribution in [0.25, 0.3) is 0 Å². The van der Waals surface area contributed by atoms with Crippen LogP contribution in [0, 0.1) is 0 Å². The average Bonchev–Trinajstić information content (AvgIpc) is 2.61. The van der Waals surface area contributed by atoms with Gasteiger partial charge in [-0.05, 0) is 32.3 Å². The lowest BCUT2D eigenvalue weighted by Crippen LogP contribution is -2.59. The number of aliphatic hydroxyl groups excluding tert-OH is 1. The molecule has 0 aliphatic heterocycles. The van der Waals surface area contributed by atoms with Gasteiger partial charge in [0.25, 0.3) is 0 Å². The molecule has 0 saturated carbocycles. The van der Waals surface area contributed by atoms with Crippen molar-refractivity contribution in [3.63, 3.8) is 0 Å². The third kappa shape index (κ3) is 10.1. The summed E-state index contributed by atoms with van der Waals surface area (Å²) in [5, 5.41) is 34.2. The molecule has 3 amide bonds. The van der Waals surface area contributed by atoms with Gasteiger partial charge in [0, 0.05) is 0 Å². The van der Waals surface area contributed by atoms with Crippen LogP contribution in [0.15, 0.2) is 0 Å². The Bertz CT molecular complexity index is 616. The van der Waals surface area contributed by atoms with E-state index in [0.717, 1.165) is 0 Å². The van der Waals surface area contributed by atoms with Gasteiger partial charge in [0.05, 0.1) is 18.6 Å². The fourth-order valence-electron chi connectivity index (χ4n) is 2.09. The summed E-state index contributed by atoms with van der Waals surface area (Å²) in [7, 11) is 0. The summed E-state index contributed by atoms with van der Waals surface area (Å²) in [5.41, 5.74) is 5.44. The van der Waals surface area contributed by atoms with Crippen molar-refractivity contribution in [2.45, 2.75) is 57.0 Å². The highest BCUT2D eigenvalue weighted by molar-refractivity contribution is 7.98. The van der Waals surface area contributed by atoms with Crippen LogP contribution in [-0.4, -0.2) is 87.3 Å². The number of amides is 3. The number of nitrogens with one attached hydrogen (secondary N) is 3. The highest BCUT2D eigenvalue weighted by Gasteiger charge is 2.32. The number of carboxylic acids is 2. The fraction of sp³-hybridized carbons (Fsp3) is 0.688. The SMILES string of the molecule is CSCCC(NC(=O)C(NC(=O)C(N)CC(=O)O)C(C)O)C(=O)NC(C)C(=O)O. The molecule has 0 aliphatic carbocycles. The Morgan fingerprint density at radius 2 is 1.55 bits per heavy atom. The lowest BCUT2D eigenvalue weighted by molar-refractivity contribution is -0.142. The van der Waals surface area contributed by atoms with Gasteiger partial charge in [-0.3, -0.25) is 24.0 Å². The van der Waals surface area contributed by atoms with Crippen LogP contribution in [0.5, 0.6) is 0 Å². The molecule has 0 aromatic heterocycles. The van der Waals surface area contributed by atoms with Crippen molar-refractivity contribution in [2.75, 3.05) is 12.0 Å². The van der Waals surface area contributed by atoms with Crippen LogP contribution >= 0.6 is 11.8 Å². The number of carboxylic acid groups (broad SMARTS) is 2. The van der Waals surface area contributed by atoms with Gasteiger partial charge in [-0.15, -0.1) is 0 Å². The third-order valence-electron chi connectivity index (χ3n) is 3.77. The summed E-state index contributed by atoms with van der Waals surface area (Å²) in [5.74, 6) is -4.70. The minimum Gasteiger partial charge on any atom is -0.481 e. The number of hydrogen-bond donors (Lipinski definition) is 7. The molecule has 5 unspecified atom stereocenters. The zero-order chi connectivity index (χ0) is 22.7. The minimum absolute atomic E-state index is 0.171. The molecule has 0 aliphatic rings. The average molecular weight is 436 g/mol. The molecule has 0 spiro atoms. The Morgan fingerprint density at radius 1 is 0.966 bits per heavy atom. The van der Waals surface area contributed by atoms with Crippen LogP contribution in [0.1, 0.15) is 26.7 Å². The molecule has 0 rings (SSSR count). The highest BCUT2D eigenvalue weighted by Crippen LogP contribution is 2.04. The molecule has 0 heterocycles. The highest BCUT2D eigenvalue weighted by atomic mass is 32.2. The zero-order valence-corrected chi connectivity index (χ0v) is 17.2. The molecule has 5 atom stereocenters. The zero-order valence-electron chi connectivity index (χ0n) is 16.4. The van der Waals surface area contributed by atoms with Crippen LogP contribution in [-0.2, 0) is 24.0 Å². The molecule has 0 aromatic carbocycles. The van der Waals surface area contributed by atoms with E-state index in [-0.39, 0.29) is 6.42 Å². The molecule has 0 fully saturated rings. The van der Waals surface area contributed by atoms with E-state index in [1.54, 1.807) is 6.26 Å².